The van der Waals surface area contributed by atoms with Crippen LogP contribution in [0.3, 0.4) is 0 Å². The van der Waals surface area contributed by atoms with E-state index in [1.165, 1.54) is 12.3 Å². The van der Waals surface area contributed by atoms with Crippen molar-refractivity contribution in [2.75, 3.05) is 13.1 Å². The Morgan fingerprint density at radius 1 is 1.63 bits per heavy atom. The van der Waals surface area contributed by atoms with Crippen LogP contribution in [0.5, 0.6) is 0 Å². The van der Waals surface area contributed by atoms with Gasteiger partial charge in [-0.25, -0.2) is 0 Å². The number of nitrogens with two attached hydrogens (primary N) is 1. The Morgan fingerprint density at radius 3 is 2.95 bits per heavy atom. The van der Waals surface area contributed by atoms with Crippen molar-refractivity contribution < 1.29 is 9.72 Å². The van der Waals surface area contributed by atoms with Crippen LogP contribution in [0.1, 0.15) is 30.3 Å². The fourth-order valence-corrected chi connectivity index (χ4v) is 2.39. The van der Waals surface area contributed by atoms with E-state index in [0.717, 1.165) is 12.8 Å². The molecule has 2 rings (SSSR count). The second-order valence-electron chi connectivity index (χ2n) is 4.78. The van der Waals surface area contributed by atoms with Gasteiger partial charge in [0.25, 0.3) is 11.6 Å². The van der Waals surface area contributed by atoms with Crippen LogP contribution in [0.4, 0.5) is 5.69 Å². The molecule has 1 amide bonds. The number of hydrogen-bond donors (Lipinski definition) is 1. The Bertz CT molecular complexity index is 497. The maximum Gasteiger partial charge on any atom is 0.287 e. The maximum atomic E-state index is 12.4. The molecule has 7 nitrogen and oxygen atoms in total. The van der Waals surface area contributed by atoms with Crippen molar-refractivity contribution in [1.82, 2.24) is 9.47 Å². The van der Waals surface area contributed by atoms with Crippen LogP contribution in [0.15, 0.2) is 12.3 Å². The molecule has 1 aromatic rings. The smallest absolute Gasteiger partial charge is 0.287 e. The predicted molar refractivity (Wildman–Crippen MR) is 69.9 cm³/mol. The zero-order valence-electron chi connectivity index (χ0n) is 10.9. The Labute approximate surface area is 111 Å². The van der Waals surface area contributed by atoms with Crippen molar-refractivity contribution >= 4 is 11.6 Å². The van der Waals surface area contributed by atoms with Crippen molar-refractivity contribution in [1.29, 1.82) is 0 Å². The highest BCUT2D eigenvalue weighted by Crippen LogP contribution is 2.19. The summed E-state index contributed by atoms with van der Waals surface area (Å²) in [6, 6.07) is 1.34. The summed E-state index contributed by atoms with van der Waals surface area (Å²) >= 11 is 0. The number of amides is 1. The van der Waals surface area contributed by atoms with Gasteiger partial charge in [-0.2, -0.15) is 0 Å². The van der Waals surface area contributed by atoms with Crippen molar-refractivity contribution in [3.05, 3.63) is 28.1 Å². The average molecular weight is 266 g/mol. The van der Waals surface area contributed by atoms with E-state index in [4.69, 9.17) is 5.73 Å². The highest BCUT2D eigenvalue weighted by Gasteiger charge is 2.26. The molecule has 7 heteroatoms. The molecular formula is C12H18N4O3. The topological polar surface area (TPSA) is 94.4 Å². The second kappa shape index (κ2) is 5.40. The van der Waals surface area contributed by atoms with Gasteiger partial charge in [-0.1, -0.05) is 0 Å². The maximum absolute atomic E-state index is 12.4. The molecule has 0 radical (unpaired) electrons. The number of nitrogens with zero attached hydrogens (tertiary/aromatic N) is 3. The molecule has 1 atom stereocenters. The summed E-state index contributed by atoms with van der Waals surface area (Å²) in [6.07, 6.45) is 3.19. The number of piperidine rings is 1. The lowest BCUT2D eigenvalue weighted by atomic mass is 10.1. The largest absolute Gasteiger partial charge is 0.337 e. The monoisotopic (exact) mass is 266 g/mol. The Morgan fingerprint density at radius 2 is 2.37 bits per heavy atom. The van der Waals surface area contributed by atoms with E-state index in [1.807, 2.05) is 6.92 Å². The zero-order chi connectivity index (χ0) is 14.0. The molecule has 2 N–H and O–H groups in total. The number of aryl methyl sites for hydroxylation is 1. The Kier molecular flexibility index (Phi) is 3.84. The van der Waals surface area contributed by atoms with Crippen molar-refractivity contribution in [2.24, 2.45) is 5.73 Å². The summed E-state index contributed by atoms with van der Waals surface area (Å²) in [4.78, 5) is 24.4. The Balaban J connectivity index is 2.24. The summed E-state index contributed by atoms with van der Waals surface area (Å²) in [5, 5.41) is 10.8. The van der Waals surface area contributed by atoms with Gasteiger partial charge in [0.1, 0.15) is 5.69 Å². The first kappa shape index (κ1) is 13.5. The first-order valence-corrected chi connectivity index (χ1v) is 6.42. The molecule has 19 heavy (non-hydrogen) atoms. The van der Waals surface area contributed by atoms with Crippen molar-refractivity contribution in [3.63, 3.8) is 0 Å². The van der Waals surface area contributed by atoms with Gasteiger partial charge in [-0.15, -0.1) is 0 Å². The van der Waals surface area contributed by atoms with Crippen LogP contribution in [-0.4, -0.2) is 39.4 Å². The van der Waals surface area contributed by atoms with Crippen LogP contribution < -0.4 is 5.73 Å². The van der Waals surface area contributed by atoms with E-state index in [1.54, 1.807) is 9.47 Å². The quantitative estimate of drug-likeness (QED) is 0.651. The summed E-state index contributed by atoms with van der Waals surface area (Å²) in [7, 11) is 0. The average Bonchev–Trinajstić information content (AvgIpc) is 2.82. The molecule has 1 aliphatic rings. The number of hydrogen-bond acceptors (Lipinski definition) is 4. The van der Waals surface area contributed by atoms with E-state index in [0.29, 0.717) is 25.3 Å². The molecule has 1 aliphatic heterocycles. The van der Waals surface area contributed by atoms with Crippen molar-refractivity contribution in [3.8, 4) is 0 Å². The Hall–Kier alpha value is -1.89. The van der Waals surface area contributed by atoms with Gasteiger partial charge in [0.15, 0.2) is 0 Å². The van der Waals surface area contributed by atoms with E-state index in [2.05, 4.69) is 0 Å². The molecule has 0 spiro atoms. The van der Waals surface area contributed by atoms with Crippen LogP contribution in [-0.2, 0) is 6.54 Å². The predicted octanol–water partition coefficient (Wildman–Crippen LogP) is 0.979. The van der Waals surface area contributed by atoms with Crippen LogP contribution in [0.25, 0.3) is 0 Å². The summed E-state index contributed by atoms with van der Waals surface area (Å²) in [5.74, 6) is -0.176. The van der Waals surface area contributed by atoms with E-state index < -0.39 is 4.92 Å². The lowest BCUT2D eigenvalue weighted by Gasteiger charge is -2.30. The van der Waals surface area contributed by atoms with Gasteiger partial charge in [0, 0.05) is 31.7 Å². The summed E-state index contributed by atoms with van der Waals surface area (Å²) in [5.41, 5.74) is 6.17. The molecule has 2 heterocycles. The third-order valence-corrected chi connectivity index (χ3v) is 3.40. The molecule has 1 aromatic heterocycles. The third-order valence-electron chi connectivity index (χ3n) is 3.40. The molecule has 104 valence electrons. The number of likely N-dealkylation sites (tertiary alicyclic amines) is 1. The number of rotatable bonds is 3. The SMILES string of the molecule is CCn1cc([N+](=O)[O-])cc1C(=O)N1CCC[C@@H](N)C1. The molecule has 1 fully saturated rings. The summed E-state index contributed by atoms with van der Waals surface area (Å²) < 4.78 is 1.61. The number of carbonyl (C=O) groups excluding carboxylic acids is 1. The molecule has 0 aliphatic carbocycles. The fraction of sp³-hybridized carbons (Fsp3) is 0.583. The lowest BCUT2D eigenvalue weighted by molar-refractivity contribution is -0.384. The fourth-order valence-electron chi connectivity index (χ4n) is 2.39. The first-order chi connectivity index (χ1) is 9.02. The van der Waals surface area contributed by atoms with Crippen LogP contribution >= 0.6 is 0 Å². The minimum Gasteiger partial charge on any atom is -0.337 e. The van der Waals surface area contributed by atoms with E-state index in [9.17, 15) is 14.9 Å². The number of carbonyl (C=O) groups is 1. The van der Waals surface area contributed by atoms with Gasteiger partial charge in [0.05, 0.1) is 11.1 Å². The summed E-state index contributed by atoms with van der Waals surface area (Å²) in [6.45, 7) is 3.55. The standard InChI is InChI=1S/C12H18N4O3/c1-2-14-8-10(16(18)19)6-11(14)12(17)15-5-3-4-9(13)7-15/h6,8-9H,2-5,7,13H2,1H3/t9-/m1/s1. The van der Waals surface area contributed by atoms with Gasteiger partial charge < -0.3 is 15.2 Å². The molecule has 0 saturated carbocycles. The van der Waals surface area contributed by atoms with Crippen molar-refractivity contribution in [2.45, 2.75) is 32.4 Å². The molecule has 1 saturated heterocycles. The third kappa shape index (κ3) is 2.76. The van der Waals surface area contributed by atoms with Crippen LogP contribution in [0, 0.1) is 10.1 Å². The second-order valence-corrected chi connectivity index (χ2v) is 4.78. The van der Waals surface area contributed by atoms with E-state index in [-0.39, 0.29) is 17.6 Å². The normalized spacial score (nSPS) is 19.5. The van der Waals surface area contributed by atoms with Gasteiger partial charge in [0.2, 0.25) is 0 Å². The van der Waals surface area contributed by atoms with Gasteiger partial charge in [-0.3, -0.25) is 14.9 Å². The first-order valence-electron chi connectivity index (χ1n) is 6.42. The lowest BCUT2D eigenvalue weighted by Crippen LogP contribution is -2.46. The highest BCUT2D eigenvalue weighted by molar-refractivity contribution is 5.93. The minimum atomic E-state index is -0.481. The molecular weight excluding hydrogens is 248 g/mol. The number of aromatic nitrogens is 1. The van der Waals surface area contributed by atoms with Crippen LogP contribution in [0.2, 0.25) is 0 Å². The zero-order valence-corrected chi connectivity index (χ0v) is 10.9. The van der Waals surface area contributed by atoms with Gasteiger partial charge >= 0.3 is 0 Å². The minimum absolute atomic E-state index is 0.00211. The molecule has 0 aromatic carbocycles. The van der Waals surface area contributed by atoms with E-state index >= 15 is 0 Å². The molecule has 0 bridgehead atoms. The van der Waals surface area contributed by atoms with Gasteiger partial charge in [-0.05, 0) is 19.8 Å². The number of nitro groups is 1. The highest BCUT2D eigenvalue weighted by atomic mass is 16.6. The molecule has 0 unspecified atom stereocenters.